The third-order valence-corrected chi connectivity index (χ3v) is 4.69. The molecule has 5 heteroatoms. The molecule has 2 N–H and O–H groups in total. The third-order valence-electron chi connectivity index (χ3n) is 4.69. The van der Waals surface area contributed by atoms with Crippen molar-refractivity contribution >= 4 is 5.78 Å². The molecule has 2 saturated heterocycles. The molecule has 2 unspecified atom stereocenters. The second kappa shape index (κ2) is 5.66. The largest absolute Gasteiger partial charge is 0.508 e. The summed E-state index contributed by atoms with van der Waals surface area (Å²) < 4.78 is 0. The van der Waals surface area contributed by atoms with Gasteiger partial charge in [0, 0.05) is 31.2 Å². The number of nitrogens with zero attached hydrogens (tertiary/aromatic N) is 2. The number of Topliss-reactive ketones (excluding diaryl/α,β-unsaturated/α-hetero) is 1. The topological polar surface area (TPSA) is 64.0 Å². The van der Waals surface area contributed by atoms with Crippen LogP contribution in [0.5, 0.6) is 11.5 Å². The minimum absolute atomic E-state index is 0.0306. The number of fused-ring (bicyclic) bond motifs is 1. The van der Waals surface area contributed by atoms with Gasteiger partial charge in [0.05, 0.1) is 12.1 Å². The van der Waals surface area contributed by atoms with E-state index in [2.05, 4.69) is 16.7 Å². The molecule has 5 nitrogen and oxygen atoms in total. The third kappa shape index (κ3) is 2.89. The molecule has 1 aromatic carbocycles. The van der Waals surface area contributed by atoms with Crippen LogP contribution < -0.4 is 0 Å². The maximum absolute atomic E-state index is 12.4. The molecule has 0 spiro atoms. The van der Waals surface area contributed by atoms with Crippen LogP contribution in [-0.4, -0.2) is 64.1 Å². The van der Waals surface area contributed by atoms with Crippen molar-refractivity contribution in [1.82, 2.24) is 9.80 Å². The summed E-state index contributed by atoms with van der Waals surface area (Å²) in [6.07, 6.45) is 2.46. The highest BCUT2D eigenvalue weighted by molar-refractivity contribution is 6.00. The number of phenolic OH excluding ortho intramolecular Hbond substituents is 2. The molecular weight excluding hydrogens is 268 g/mol. The van der Waals surface area contributed by atoms with Crippen molar-refractivity contribution in [3.63, 3.8) is 0 Å². The van der Waals surface area contributed by atoms with Crippen molar-refractivity contribution in [1.29, 1.82) is 0 Å². The summed E-state index contributed by atoms with van der Waals surface area (Å²) in [6.45, 7) is 5.59. The Morgan fingerprint density at radius 1 is 1.33 bits per heavy atom. The van der Waals surface area contributed by atoms with Crippen molar-refractivity contribution in [2.75, 3.05) is 26.2 Å². The number of hydrogen-bond acceptors (Lipinski definition) is 5. The second-order valence-corrected chi connectivity index (χ2v) is 6.19. The molecule has 2 aliphatic rings. The van der Waals surface area contributed by atoms with E-state index in [1.165, 1.54) is 37.6 Å². The van der Waals surface area contributed by atoms with Gasteiger partial charge in [-0.3, -0.25) is 14.6 Å². The average molecular weight is 290 g/mol. The van der Waals surface area contributed by atoms with E-state index in [0.29, 0.717) is 18.6 Å². The van der Waals surface area contributed by atoms with Gasteiger partial charge in [-0.25, -0.2) is 0 Å². The van der Waals surface area contributed by atoms with Crippen LogP contribution in [0.3, 0.4) is 0 Å². The molecule has 114 valence electrons. The number of aromatic hydroxyl groups is 2. The van der Waals surface area contributed by atoms with Crippen LogP contribution in [0.4, 0.5) is 0 Å². The Morgan fingerprint density at radius 3 is 2.90 bits per heavy atom. The van der Waals surface area contributed by atoms with Gasteiger partial charge in [0.25, 0.3) is 0 Å². The molecule has 0 radical (unpaired) electrons. The Bertz CT molecular complexity index is 546. The number of carbonyl (C=O) groups excluding carboxylic acids is 1. The molecule has 0 saturated carbocycles. The van der Waals surface area contributed by atoms with Gasteiger partial charge < -0.3 is 10.2 Å². The minimum Gasteiger partial charge on any atom is -0.508 e. The lowest BCUT2D eigenvalue weighted by molar-refractivity contribution is 0.0534. The van der Waals surface area contributed by atoms with Crippen LogP contribution in [0.25, 0.3) is 0 Å². The normalized spacial score (nSPS) is 26.7. The van der Waals surface area contributed by atoms with Crippen molar-refractivity contribution < 1.29 is 15.0 Å². The molecule has 2 fully saturated rings. The van der Waals surface area contributed by atoms with E-state index in [4.69, 9.17) is 0 Å². The zero-order valence-electron chi connectivity index (χ0n) is 12.3. The van der Waals surface area contributed by atoms with Crippen LogP contribution in [0.15, 0.2) is 18.2 Å². The van der Waals surface area contributed by atoms with Crippen molar-refractivity contribution in [3.8, 4) is 11.5 Å². The zero-order chi connectivity index (χ0) is 15.0. The quantitative estimate of drug-likeness (QED) is 0.825. The average Bonchev–Trinajstić information content (AvgIpc) is 2.86. The summed E-state index contributed by atoms with van der Waals surface area (Å²) in [4.78, 5) is 17.1. The fourth-order valence-electron chi connectivity index (χ4n) is 3.49. The van der Waals surface area contributed by atoms with Gasteiger partial charge >= 0.3 is 0 Å². The standard InChI is InChI=1S/C16H22N2O3/c1-11-8-17-6-2-3-12(17)9-18(11)10-16(21)14-5-4-13(19)7-15(14)20/h4-5,7,11-12,19-20H,2-3,6,8-10H2,1H3. The van der Waals surface area contributed by atoms with Gasteiger partial charge in [-0.15, -0.1) is 0 Å². The van der Waals surface area contributed by atoms with Crippen LogP contribution in [0.1, 0.15) is 30.1 Å². The lowest BCUT2D eigenvalue weighted by atomic mass is 10.0. The summed E-state index contributed by atoms with van der Waals surface area (Å²) in [5.41, 5.74) is 0.286. The van der Waals surface area contributed by atoms with Gasteiger partial charge in [-0.05, 0) is 38.4 Å². The van der Waals surface area contributed by atoms with E-state index in [9.17, 15) is 15.0 Å². The molecule has 21 heavy (non-hydrogen) atoms. The van der Waals surface area contributed by atoms with Crippen molar-refractivity contribution in [3.05, 3.63) is 23.8 Å². The lowest BCUT2D eigenvalue weighted by Gasteiger charge is -2.42. The van der Waals surface area contributed by atoms with Crippen LogP contribution in [-0.2, 0) is 0 Å². The number of piperazine rings is 1. The Hall–Kier alpha value is -1.59. The predicted molar refractivity (Wildman–Crippen MR) is 79.7 cm³/mol. The molecule has 0 amide bonds. The number of rotatable bonds is 3. The maximum Gasteiger partial charge on any atom is 0.180 e. The predicted octanol–water partition coefficient (Wildman–Crippen LogP) is 1.45. The molecule has 0 aromatic heterocycles. The monoisotopic (exact) mass is 290 g/mol. The molecule has 1 aromatic rings. The summed E-state index contributed by atoms with van der Waals surface area (Å²) in [5, 5.41) is 19.1. The van der Waals surface area contributed by atoms with E-state index in [0.717, 1.165) is 13.1 Å². The number of phenols is 2. The number of hydrogen-bond donors (Lipinski definition) is 2. The molecule has 2 aliphatic heterocycles. The van der Waals surface area contributed by atoms with Gasteiger partial charge in [0.1, 0.15) is 11.5 Å². The number of ketones is 1. The van der Waals surface area contributed by atoms with Crippen LogP contribution in [0, 0.1) is 0 Å². The summed E-state index contributed by atoms with van der Waals surface area (Å²) >= 11 is 0. The van der Waals surface area contributed by atoms with E-state index in [-0.39, 0.29) is 22.8 Å². The minimum atomic E-state index is -0.146. The van der Waals surface area contributed by atoms with Crippen LogP contribution in [0.2, 0.25) is 0 Å². The molecule has 2 atom stereocenters. The van der Waals surface area contributed by atoms with Gasteiger partial charge in [-0.1, -0.05) is 0 Å². The SMILES string of the molecule is CC1CN2CCCC2CN1CC(=O)c1ccc(O)cc1O. The number of carbonyl (C=O) groups is 1. The first-order valence-electron chi connectivity index (χ1n) is 7.58. The van der Waals surface area contributed by atoms with Gasteiger partial charge in [0.15, 0.2) is 5.78 Å². The number of benzene rings is 1. The lowest BCUT2D eigenvalue weighted by Crippen LogP contribution is -2.55. The van der Waals surface area contributed by atoms with Gasteiger partial charge in [0.2, 0.25) is 0 Å². The second-order valence-electron chi connectivity index (χ2n) is 6.19. The molecule has 2 heterocycles. The first-order valence-corrected chi connectivity index (χ1v) is 7.58. The Kier molecular flexibility index (Phi) is 3.87. The highest BCUT2D eigenvalue weighted by Crippen LogP contribution is 2.26. The smallest absolute Gasteiger partial charge is 0.180 e. The van der Waals surface area contributed by atoms with E-state index in [1.54, 1.807) is 0 Å². The molecule has 0 aliphatic carbocycles. The fraction of sp³-hybridized carbons (Fsp3) is 0.562. The highest BCUT2D eigenvalue weighted by atomic mass is 16.3. The summed E-state index contributed by atoms with van der Waals surface area (Å²) in [7, 11) is 0. The van der Waals surface area contributed by atoms with Crippen molar-refractivity contribution in [2.24, 2.45) is 0 Å². The van der Waals surface area contributed by atoms with Gasteiger partial charge in [-0.2, -0.15) is 0 Å². The maximum atomic E-state index is 12.4. The molecular formula is C16H22N2O3. The zero-order valence-corrected chi connectivity index (χ0v) is 12.3. The molecule has 0 bridgehead atoms. The van der Waals surface area contributed by atoms with Crippen LogP contribution >= 0.6 is 0 Å². The summed E-state index contributed by atoms with van der Waals surface area (Å²) in [6, 6.07) is 5.06. The fourth-order valence-corrected chi connectivity index (χ4v) is 3.49. The first kappa shape index (κ1) is 14.4. The summed E-state index contributed by atoms with van der Waals surface area (Å²) in [5.74, 6) is -0.269. The Labute approximate surface area is 124 Å². The van der Waals surface area contributed by atoms with E-state index in [1.807, 2.05) is 0 Å². The highest BCUT2D eigenvalue weighted by Gasteiger charge is 2.35. The Balaban J connectivity index is 1.69. The molecule has 3 rings (SSSR count). The van der Waals surface area contributed by atoms with E-state index >= 15 is 0 Å². The Morgan fingerprint density at radius 2 is 2.14 bits per heavy atom. The van der Waals surface area contributed by atoms with Crippen molar-refractivity contribution in [2.45, 2.75) is 31.8 Å². The van der Waals surface area contributed by atoms with E-state index < -0.39 is 0 Å². The first-order chi connectivity index (χ1) is 10.0.